The van der Waals surface area contributed by atoms with Crippen molar-refractivity contribution in [3.8, 4) is 5.75 Å². The molecule has 76 valence electrons. The van der Waals surface area contributed by atoms with Crippen LogP contribution in [0.2, 0.25) is 0 Å². The van der Waals surface area contributed by atoms with E-state index >= 15 is 0 Å². The normalized spacial score (nSPS) is 10.2. The number of aromatic nitrogens is 2. The van der Waals surface area contributed by atoms with E-state index < -0.39 is 5.97 Å². The highest BCUT2D eigenvalue weighted by molar-refractivity contribution is 5.95. The van der Waals surface area contributed by atoms with Crippen LogP contribution in [0.4, 0.5) is 0 Å². The van der Waals surface area contributed by atoms with Crippen LogP contribution in [0.1, 0.15) is 17.4 Å². The molecule has 1 aromatic carbocycles. The lowest BCUT2D eigenvalue weighted by atomic mass is 10.2. The first-order chi connectivity index (χ1) is 7.20. The second kappa shape index (κ2) is 3.53. The van der Waals surface area contributed by atoms with E-state index in [1.165, 1.54) is 6.92 Å². The highest BCUT2D eigenvalue weighted by atomic mass is 16.5. The molecule has 1 heterocycles. The van der Waals surface area contributed by atoms with Crippen molar-refractivity contribution in [3.63, 3.8) is 0 Å². The van der Waals surface area contributed by atoms with Gasteiger partial charge >= 0.3 is 5.97 Å². The Bertz CT molecular complexity index is 530. The fraction of sp³-hybridized carbons (Fsp3) is 0.100. The van der Waals surface area contributed by atoms with Crippen molar-refractivity contribution in [1.29, 1.82) is 0 Å². The van der Waals surface area contributed by atoms with E-state index in [1.54, 1.807) is 18.2 Å². The zero-order chi connectivity index (χ0) is 10.8. The molecule has 0 bridgehead atoms. The number of benzene rings is 1. The van der Waals surface area contributed by atoms with Gasteiger partial charge in [-0.25, -0.2) is 0 Å². The van der Waals surface area contributed by atoms with E-state index in [4.69, 9.17) is 4.74 Å². The van der Waals surface area contributed by atoms with Crippen LogP contribution in [-0.2, 0) is 4.79 Å². The minimum Gasteiger partial charge on any atom is -0.427 e. The van der Waals surface area contributed by atoms with E-state index in [2.05, 4.69) is 10.2 Å². The zero-order valence-electron chi connectivity index (χ0n) is 7.98. The molecule has 5 nitrogen and oxygen atoms in total. The van der Waals surface area contributed by atoms with Gasteiger partial charge in [0.2, 0.25) is 0 Å². The van der Waals surface area contributed by atoms with Gasteiger partial charge in [0.1, 0.15) is 11.4 Å². The maximum atomic E-state index is 10.7. The highest BCUT2D eigenvalue weighted by Crippen LogP contribution is 2.21. The van der Waals surface area contributed by atoms with Gasteiger partial charge in [-0.1, -0.05) is 0 Å². The number of rotatable bonds is 2. The largest absolute Gasteiger partial charge is 0.427 e. The van der Waals surface area contributed by atoms with E-state index in [0.29, 0.717) is 23.1 Å². The molecule has 0 fully saturated rings. The number of hydrogen-bond donors (Lipinski definition) is 1. The highest BCUT2D eigenvalue weighted by Gasteiger charge is 2.06. The third-order valence-electron chi connectivity index (χ3n) is 1.94. The fourth-order valence-electron chi connectivity index (χ4n) is 1.33. The molecule has 0 aliphatic rings. The summed E-state index contributed by atoms with van der Waals surface area (Å²) in [5, 5.41) is 7.14. The molecule has 1 aromatic heterocycles. The third-order valence-corrected chi connectivity index (χ3v) is 1.94. The van der Waals surface area contributed by atoms with Gasteiger partial charge in [0.25, 0.3) is 0 Å². The third kappa shape index (κ3) is 1.71. The molecule has 0 atom stereocenters. The monoisotopic (exact) mass is 204 g/mol. The summed E-state index contributed by atoms with van der Waals surface area (Å²) in [6.07, 6.45) is 0.649. The Hall–Kier alpha value is -2.17. The summed E-state index contributed by atoms with van der Waals surface area (Å²) in [6.45, 7) is 1.32. The van der Waals surface area contributed by atoms with Crippen LogP contribution in [0.5, 0.6) is 5.75 Å². The molecule has 2 aromatic rings. The van der Waals surface area contributed by atoms with Crippen LogP contribution < -0.4 is 4.74 Å². The van der Waals surface area contributed by atoms with Crippen LogP contribution in [0.3, 0.4) is 0 Å². The molecule has 15 heavy (non-hydrogen) atoms. The summed E-state index contributed by atoms with van der Waals surface area (Å²) in [4.78, 5) is 21.4. The van der Waals surface area contributed by atoms with Gasteiger partial charge in [-0.05, 0) is 18.2 Å². The van der Waals surface area contributed by atoms with Gasteiger partial charge in [-0.15, -0.1) is 0 Å². The standard InChI is InChI=1S/C10H8N2O3/c1-6(14)15-7-2-3-9-8(4-7)10(5-13)12-11-9/h2-5H,1H3,(H,11,12). The Labute approximate surface area is 85.0 Å². The molecule has 0 radical (unpaired) electrons. The van der Waals surface area contributed by atoms with Gasteiger partial charge in [0.15, 0.2) is 6.29 Å². The summed E-state index contributed by atoms with van der Waals surface area (Å²) >= 11 is 0. The minimum atomic E-state index is -0.398. The zero-order valence-corrected chi connectivity index (χ0v) is 7.98. The average molecular weight is 204 g/mol. The van der Waals surface area contributed by atoms with E-state index in [-0.39, 0.29) is 0 Å². The maximum absolute atomic E-state index is 10.7. The number of esters is 1. The van der Waals surface area contributed by atoms with Crippen molar-refractivity contribution in [2.75, 3.05) is 0 Å². The molecular formula is C10H8N2O3. The first kappa shape index (κ1) is 9.39. The maximum Gasteiger partial charge on any atom is 0.308 e. The summed E-state index contributed by atoms with van der Waals surface area (Å²) < 4.78 is 4.89. The Kier molecular flexibility index (Phi) is 2.21. The number of H-pyrrole nitrogens is 1. The summed E-state index contributed by atoms with van der Waals surface area (Å²) in [5.74, 6) is 0.00463. The molecule has 0 aliphatic carbocycles. The fourth-order valence-corrected chi connectivity index (χ4v) is 1.33. The van der Waals surface area contributed by atoms with E-state index in [0.717, 1.165) is 5.52 Å². The molecular weight excluding hydrogens is 196 g/mol. The molecule has 0 aliphatic heterocycles. The van der Waals surface area contributed by atoms with Crippen molar-refractivity contribution in [1.82, 2.24) is 10.2 Å². The number of ether oxygens (including phenoxy) is 1. The van der Waals surface area contributed by atoms with Crippen LogP contribution in [0.25, 0.3) is 10.9 Å². The molecule has 5 heteroatoms. The van der Waals surface area contributed by atoms with Crippen molar-refractivity contribution in [2.24, 2.45) is 0 Å². The molecule has 0 saturated carbocycles. The number of aldehydes is 1. The smallest absolute Gasteiger partial charge is 0.308 e. The van der Waals surface area contributed by atoms with Crippen molar-refractivity contribution in [2.45, 2.75) is 6.92 Å². The number of aromatic amines is 1. The summed E-state index contributed by atoms with van der Waals surface area (Å²) in [5.41, 5.74) is 1.03. The van der Waals surface area contributed by atoms with Crippen LogP contribution in [0.15, 0.2) is 18.2 Å². The van der Waals surface area contributed by atoms with Gasteiger partial charge < -0.3 is 4.74 Å². The van der Waals surface area contributed by atoms with Gasteiger partial charge in [0.05, 0.1) is 5.52 Å². The van der Waals surface area contributed by atoms with Gasteiger partial charge in [-0.2, -0.15) is 5.10 Å². The number of carbonyl (C=O) groups is 2. The first-order valence-corrected chi connectivity index (χ1v) is 4.32. The van der Waals surface area contributed by atoms with Crippen LogP contribution >= 0.6 is 0 Å². The molecule has 2 rings (SSSR count). The van der Waals surface area contributed by atoms with E-state index in [9.17, 15) is 9.59 Å². The lowest BCUT2D eigenvalue weighted by Crippen LogP contribution is -2.00. The second-order valence-corrected chi connectivity index (χ2v) is 3.03. The number of nitrogens with zero attached hydrogens (tertiary/aromatic N) is 1. The van der Waals surface area contributed by atoms with Crippen molar-refractivity contribution in [3.05, 3.63) is 23.9 Å². The van der Waals surface area contributed by atoms with Crippen LogP contribution in [-0.4, -0.2) is 22.5 Å². The lowest BCUT2D eigenvalue weighted by Gasteiger charge is -1.99. The lowest BCUT2D eigenvalue weighted by molar-refractivity contribution is -0.131. The predicted molar refractivity (Wildman–Crippen MR) is 52.8 cm³/mol. The Morgan fingerprint density at radius 3 is 3.00 bits per heavy atom. The first-order valence-electron chi connectivity index (χ1n) is 4.32. The Morgan fingerprint density at radius 2 is 2.33 bits per heavy atom. The second-order valence-electron chi connectivity index (χ2n) is 3.03. The summed E-state index contributed by atoms with van der Waals surface area (Å²) in [7, 11) is 0. The molecule has 0 spiro atoms. The minimum absolute atomic E-state index is 0.305. The topological polar surface area (TPSA) is 72.1 Å². The number of fused-ring (bicyclic) bond motifs is 1. The predicted octanol–water partition coefficient (Wildman–Crippen LogP) is 1.30. The van der Waals surface area contributed by atoms with Crippen molar-refractivity contribution >= 4 is 23.2 Å². The molecule has 1 N–H and O–H groups in total. The SMILES string of the molecule is CC(=O)Oc1ccc2[nH]nc(C=O)c2c1. The molecule has 0 amide bonds. The Morgan fingerprint density at radius 1 is 1.53 bits per heavy atom. The molecule has 0 unspecified atom stereocenters. The summed E-state index contributed by atoms with van der Waals surface area (Å²) in [6, 6.07) is 4.94. The quantitative estimate of drug-likeness (QED) is 0.454. The van der Waals surface area contributed by atoms with Gasteiger partial charge in [0, 0.05) is 12.3 Å². The average Bonchev–Trinajstić information content (AvgIpc) is 2.59. The number of carbonyl (C=O) groups excluding carboxylic acids is 2. The Balaban J connectivity index is 2.52. The number of hydrogen-bond acceptors (Lipinski definition) is 4. The molecule has 0 saturated heterocycles. The van der Waals surface area contributed by atoms with Crippen LogP contribution in [0, 0.1) is 0 Å². The number of nitrogens with one attached hydrogen (secondary N) is 1. The van der Waals surface area contributed by atoms with Crippen molar-refractivity contribution < 1.29 is 14.3 Å². The van der Waals surface area contributed by atoms with E-state index in [1.807, 2.05) is 0 Å². The van der Waals surface area contributed by atoms with Gasteiger partial charge in [-0.3, -0.25) is 14.7 Å².